The van der Waals surface area contributed by atoms with Crippen molar-refractivity contribution in [3.8, 4) is 11.5 Å². The number of benzene rings is 1. The summed E-state index contributed by atoms with van der Waals surface area (Å²) in [6.07, 6.45) is 0. The van der Waals surface area contributed by atoms with Crippen molar-refractivity contribution < 1.29 is 44.1 Å². The largest absolute Gasteiger partial charge is 1.00 e. The third kappa shape index (κ3) is 3.19. The molecule has 4 heteroatoms. The van der Waals surface area contributed by atoms with Gasteiger partial charge in [-0.05, 0) is 23.8 Å². The molecule has 0 N–H and O–H groups in total. The third-order valence-electron chi connectivity index (χ3n) is 1.64. The fourth-order valence-electron chi connectivity index (χ4n) is 0.995. The van der Waals surface area contributed by atoms with Crippen molar-refractivity contribution in [3.05, 3.63) is 23.8 Å². The molecule has 66 valence electrons. The van der Waals surface area contributed by atoms with E-state index in [-0.39, 0.29) is 36.2 Å². The second kappa shape index (κ2) is 6.27. The number of rotatable bonds is 3. The first-order valence-electron chi connectivity index (χ1n) is 3.61. The van der Waals surface area contributed by atoms with E-state index in [2.05, 4.69) is 0 Å². The number of methoxy groups -OCH3 is 2. The van der Waals surface area contributed by atoms with E-state index in [1.807, 2.05) is 0 Å². The van der Waals surface area contributed by atoms with E-state index in [1.54, 1.807) is 32.4 Å². The molecule has 0 amide bonds. The van der Waals surface area contributed by atoms with Crippen molar-refractivity contribution >= 4 is 0 Å². The van der Waals surface area contributed by atoms with Crippen LogP contribution in [0, 0.1) is 0 Å². The Labute approximate surface area is 100.0 Å². The van der Waals surface area contributed by atoms with Crippen molar-refractivity contribution in [2.45, 2.75) is 6.61 Å². The normalized spacial score (nSPS) is 8.85. The second-order valence-electron chi connectivity index (χ2n) is 2.32. The minimum Gasteiger partial charge on any atom is -0.851 e. The summed E-state index contributed by atoms with van der Waals surface area (Å²) in [5.74, 6) is 1.30. The van der Waals surface area contributed by atoms with Gasteiger partial charge in [0.15, 0.2) is 0 Å². The van der Waals surface area contributed by atoms with Crippen molar-refractivity contribution in [2.75, 3.05) is 14.2 Å². The first-order chi connectivity index (χ1) is 5.81. The van der Waals surface area contributed by atoms with Crippen LogP contribution in [0.4, 0.5) is 0 Å². The molecular weight excluding hydrogens is 179 g/mol. The van der Waals surface area contributed by atoms with E-state index in [9.17, 15) is 5.11 Å². The molecule has 0 unspecified atom stereocenters. The molecule has 0 aliphatic heterocycles. The van der Waals surface area contributed by atoms with Gasteiger partial charge in [-0.1, -0.05) is 0 Å². The van der Waals surface area contributed by atoms with Crippen LogP contribution in [0.5, 0.6) is 11.5 Å². The van der Waals surface area contributed by atoms with Gasteiger partial charge in [-0.15, -0.1) is 6.61 Å². The fraction of sp³-hybridized carbons (Fsp3) is 0.333. The van der Waals surface area contributed by atoms with E-state index in [0.29, 0.717) is 17.1 Å². The number of hydrogen-bond acceptors (Lipinski definition) is 3. The molecule has 0 spiro atoms. The average molecular weight is 190 g/mol. The molecule has 1 aromatic rings. The Morgan fingerprint density at radius 3 is 2.38 bits per heavy atom. The Hall–Kier alpha value is -0.220. The van der Waals surface area contributed by atoms with Gasteiger partial charge in [0, 0.05) is 0 Å². The van der Waals surface area contributed by atoms with Gasteiger partial charge >= 0.3 is 29.6 Å². The molecule has 0 aromatic heterocycles. The fourth-order valence-corrected chi connectivity index (χ4v) is 0.995. The molecule has 0 saturated heterocycles. The number of hydrogen-bond donors (Lipinski definition) is 0. The quantitative estimate of drug-likeness (QED) is 0.498. The van der Waals surface area contributed by atoms with E-state index in [0.717, 1.165) is 0 Å². The maximum Gasteiger partial charge on any atom is 1.00 e. The molecule has 0 fully saturated rings. The summed E-state index contributed by atoms with van der Waals surface area (Å²) >= 11 is 0. The Morgan fingerprint density at radius 2 is 1.92 bits per heavy atom. The van der Waals surface area contributed by atoms with E-state index in [1.165, 1.54) is 0 Å². The molecule has 0 heterocycles. The predicted octanol–water partition coefficient (Wildman–Crippen LogP) is -2.43. The molecule has 1 aromatic carbocycles. The summed E-state index contributed by atoms with van der Waals surface area (Å²) in [5.41, 5.74) is 0.622. The monoisotopic (exact) mass is 190 g/mol. The first-order valence-corrected chi connectivity index (χ1v) is 3.61. The van der Waals surface area contributed by atoms with Gasteiger partial charge in [0.1, 0.15) is 11.5 Å². The van der Waals surface area contributed by atoms with Gasteiger partial charge in [0.05, 0.1) is 14.2 Å². The van der Waals surface area contributed by atoms with Crippen LogP contribution >= 0.6 is 0 Å². The summed E-state index contributed by atoms with van der Waals surface area (Å²) < 4.78 is 9.94. The second-order valence-corrected chi connectivity index (χ2v) is 2.32. The van der Waals surface area contributed by atoms with Crippen molar-refractivity contribution in [3.63, 3.8) is 0 Å². The summed E-state index contributed by atoms with van der Waals surface area (Å²) in [6.45, 7) is -0.291. The maximum absolute atomic E-state index is 10.6. The Morgan fingerprint density at radius 1 is 1.23 bits per heavy atom. The molecule has 0 saturated carbocycles. The standard InChI is InChI=1S/C9H11O3.Na/c1-11-8-3-4-9(12-2)7(5-8)6-10;/h3-5H,6H2,1-2H3;/q-1;+1. The van der Waals surface area contributed by atoms with E-state index < -0.39 is 0 Å². The van der Waals surface area contributed by atoms with E-state index in [4.69, 9.17) is 9.47 Å². The van der Waals surface area contributed by atoms with Gasteiger partial charge in [0.25, 0.3) is 0 Å². The molecule has 0 aliphatic carbocycles. The SMILES string of the molecule is COc1ccc(OC)c(C[O-])c1.[Na+]. The molecule has 1 rings (SSSR count). The molecular formula is C9H11NaO3. The smallest absolute Gasteiger partial charge is 0.851 e. The Kier molecular flexibility index (Phi) is 6.16. The van der Waals surface area contributed by atoms with Gasteiger partial charge in [-0.3, -0.25) is 0 Å². The molecule has 13 heavy (non-hydrogen) atoms. The van der Waals surface area contributed by atoms with Gasteiger partial charge in [0.2, 0.25) is 0 Å². The van der Waals surface area contributed by atoms with Gasteiger partial charge in [-0.2, -0.15) is 0 Å². The zero-order valence-electron chi connectivity index (χ0n) is 8.16. The van der Waals surface area contributed by atoms with Crippen molar-refractivity contribution in [1.29, 1.82) is 0 Å². The minimum absolute atomic E-state index is 0. The summed E-state index contributed by atoms with van der Waals surface area (Å²) in [4.78, 5) is 0. The van der Waals surface area contributed by atoms with Crippen LogP contribution < -0.4 is 44.1 Å². The molecule has 3 nitrogen and oxygen atoms in total. The average Bonchev–Trinajstić information content (AvgIpc) is 2.16. The van der Waals surface area contributed by atoms with Crippen LogP contribution in [0.3, 0.4) is 0 Å². The zero-order chi connectivity index (χ0) is 8.97. The van der Waals surface area contributed by atoms with Crippen LogP contribution in [0.1, 0.15) is 5.56 Å². The Bertz CT molecular complexity index is 263. The van der Waals surface area contributed by atoms with E-state index >= 15 is 0 Å². The molecule has 0 atom stereocenters. The molecule has 0 radical (unpaired) electrons. The van der Waals surface area contributed by atoms with Crippen LogP contribution in [0.15, 0.2) is 18.2 Å². The topological polar surface area (TPSA) is 41.5 Å². The van der Waals surface area contributed by atoms with Gasteiger partial charge in [-0.25, -0.2) is 0 Å². The third-order valence-corrected chi connectivity index (χ3v) is 1.64. The summed E-state index contributed by atoms with van der Waals surface area (Å²) in [6, 6.07) is 5.18. The van der Waals surface area contributed by atoms with Crippen molar-refractivity contribution in [2.24, 2.45) is 0 Å². The maximum atomic E-state index is 10.6. The van der Waals surface area contributed by atoms with Gasteiger partial charge < -0.3 is 14.6 Å². The predicted molar refractivity (Wildman–Crippen MR) is 43.3 cm³/mol. The molecule has 0 aliphatic rings. The van der Waals surface area contributed by atoms with Crippen LogP contribution in [0.25, 0.3) is 0 Å². The van der Waals surface area contributed by atoms with Crippen LogP contribution in [-0.4, -0.2) is 14.2 Å². The summed E-state index contributed by atoms with van der Waals surface area (Å²) in [7, 11) is 3.11. The van der Waals surface area contributed by atoms with Crippen LogP contribution in [-0.2, 0) is 6.61 Å². The zero-order valence-corrected chi connectivity index (χ0v) is 10.2. The first kappa shape index (κ1) is 12.8. The van der Waals surface area contributed by atoms with Crippen LogP contribution in [0.2, 0.25) is 0 Å². The van der Waals surface area contributed by atoms with Crippen molar-refractivity contribution in [1.82, 2.24) is 0 Å². The number of ether oxygens (including phenoxy) is 2. The Balaban J connectivity index is 0.00000144. The summed E-state index contributed by atoms with van der Waals surface area (Å²) in [5, 5.41) is 10.6. The molecule has 0 bridgehead atoms. The minimum atomic E-state index is -0.291.